The third-order valence-electron chi connectivity index (χ3n) is 14.8. The normalized spacial score (nSPS) is 24.0. The fourth-order valence-corrected chi connectivity index (χ4v) is 11.5. The Labute approximate surface area is 377 Å². The van der Waals surface area contributed by atoms with Crippen LogP contribution in [-0.2, 0) is 20.7 Å². The molecule has 1 aromatic carbocycles. The number of phenols is 1. The fourth-order valence-electron chi connectivity index (χ4n) is 11.5. The van der Waals surface area contributed by atoms with E-state index in [1.54, 1.807) is 23.2 Å². The smallest absolute Gasteiger partial charge is 0.413 e. The predicted molar refractivity (Wildman–Crippen MR) is 243 cm³/mol. The molecule has 14 heteroatoms. The standard InChI is InChI=1S/C50H70F2N6O6/c1-3-4-5-6-7-8-9-10-11-12-13-14-15-20-42(60)63-33-64-49(61)58-37-21-22-38(58)31-56(30-37)47-41-28-53-45(40-26-39(59)25-35-19-16-18-34(2)43(35)40)44(52)46(41)54-48(55-47)62-32-50-23-17-24-57(50)29-36(51)27-50/h25-26,28,34,36-38,59H,3-24,27,29-33H2,1-2H3/t34?,36-,37?,38?,50+/m1/s1. The van der Waals surface area contributed by atoms with Crippen molar-refractivity contribution in [1.82, 2.24) is 24.8 Å². The van der Waals surface area contributed by atoms with Gasteiger partial charge in [0, 0.05) is 44.2 Å². The van der Waals surface area contributed by atoms with Crippen LogP contribution in [0.1, 0.15) is 166 Å². The molecule has 3 unspecified atom stereocenters. The van der Waals surface area contributed by atoms with E-state index in [9.17, 15) is 19.1 Å². The van der Waals surface area contributed by atoms with Crippen molar-refractivity contribution in [3.8, 4) is 23.0 Å². The molecule has 6 heterocycles. The molecular weight excluding hydrogens is 819 g/mol. The first-order valence-electron chi connectivity index (χ1n) is 24.7. The molecule has 2 aromatic heterocycles. The Morgan fingerprint density at radius 3 is 2.31 bits per heavy atom. The van der Waals surface area contributed by atoms with Crippen molar-refractivity contribution in [3.05, 3.63) is 35.3 Å². The summed E-state index contributed by atoms with van der Waals surface area (Å²) in [5, 5.41) is 11.1. The van der Waals surface area contributed by atoms with Crippen molar-refractivity contribution in [3.63, 3.8) is 0 Å². The van der Waals surface area contributed by atoms with Gasteiger partial charge in [0.2, 0.25) is 6.79 Å². The molecule has 1 N–H and O–H groups in total. The first-order chi connectivity index (χ1) is 31.1. The largest absolute Gasteiger partial charge is 0.508 e. The first-order valence-corrected chi connectivity index (χ1v) is 24.7. The number of amides is 1. The molecule has 1 aliphatic carbocycles. The van der Waals surface area contributed by atoms with Crippen LogP contribution in [0.15, 0.2) is 18.3 Å². The van der Waals surface area contributed by atoms with E-state index in [2.05, 4.69) is 23.7 Å². The molecular formula is C50H70F2N6O6. The maximum absolute atomic E-state index is 17.2. The molecule has 8 rings (SSSR count). The number of unbranched alkanes of at least 4 members (excludes halogenated alkanes) is 12. The zero-order valence-corrected chi connectivity index (χ0v) is 38.3. The molecule has 4 saturated heterocycles. The number of carbonyl (C=O) groups excluding carboxylic acids is 2. The van der Waals surface area contributed by atoms with Crippen molar-refractivity contribution in [1.29, 1.82) is 0 Å². The molecule has 350 valence electrons. The van der Waals surface area contributed by atoms with E-state index in [0.29, 0.717) is 49.2 Å². The second-order valence-corrected chi connectivity index (χ2v) is 19.5. The van der Waals surface area contributed by atoms with E-state index < -0.39 is 30.4 Å². The molecule has 5 atom stereocenters. The van der Waals surface area contributed by atoms with Crippen molar-refractivity contribution >= 4 is 28.8 Å². The number of nitrogens with zero attached hydrogens (tertiary/aromatic N) is 6. The monoisotopic (exact) mass is 889 g/mol. The zero-order chi connectivity index (χ0) is 44.6. The Morgan fingerprint density at radius 2 is 1.59 bits per heavy atom. The van der Waals surface area contributed by atoms with E-state index in [1.807, 2.05) is 4.90 Å². The van der Waals surface area contributed by atoms with Crippen LogP contribution >= 0.6 is 0 Å². The number of rotatable bonds is 21. The van der Waals surface area contributed by atoms with Crippen LogP contribution in [-0.4, -0.2) is 105 Å². The van der Waals surface area contributed by atoms with E-state index in [1.165, 1.54) is 64.2 Å². The number of aryl methyl sites for hydroxylation is 1. The number of halogens is 2. The fraction of sp³-hybridized carbons (Fsp3) is 0.700. The number of anilines is 1. The highest BCUT2D eigenvalue weighted by molar-refractivity contribution is 5.92. The average molecular weight is 889 g/mol. The van der Waals surface area contributed by atoms with Crippen molar-refractivity contribution in [2.75, 3.05) is 44.5 Å². The van der Waals surface area contributed by atoms with Crippen LogP contribution in [0.25, 0.3) is 22.2 Å². The number of hydrogen-bond donors (Lipinski definition) is 1. The lowest BCUT2D eigenvalue weighted by atomic mass is 9.80. The van der Waals surface area contributed by atoms with E-state index >= 15 is 4.39 Å². The quantitative estimate of drug-likeness (QED) is 0.0623. The second kappa shape index (κ2) is 21.3. The van der Waals surface area contributed by atoms with Gasteiger partial charge >= 0.3 is 18.1 Å². The summed E-state index contributed by atoms with van der Waals surface area (Å²) in [7, 11) is 0. The SMILES string of the molecule is CCCCCCCCCCCCCCCC(=O)OCOC(=O)N1C2CCC1CN(c1nc(OC[C@@]34CCCN3C[C@H](F)C4)nc3c(F)c(-c4cc(O)cc5c4C(C)CCC5)ncc13)C2. The van der Waals surface area contributed by atoms with Gasteiger partial charge in [-0.1, -0.05) is 90.9 Å². The molecule has 0 saturated carbocycles. The van der Waals surface area contributed by atoms with Crippen LogP contribution in [0.5, 0.6) is 11.8 Å². The summed E-state index contributed by atoms with van der Waals surface area (Å²) < 4.78 is 49.0. The predicted octanol–water partition coefficient (Wildman–Crippen LogP) is 10.7. The maximum atomic E-state index is 17.2. The Bertz CT molecular complexity index is 2080. The Balaban J connectivity index is 0.897. The second-order valence-electron chi connectivity index (χ2n) is 19.5. The molecule has 0 radical (unpaired) electrons. The number of hydrogen-bond acceptors (Lipinski definition) is 11. The Kier molecular flexibility index (Phi) is 15.4. The summed E-state index contributed by atoms with van der Waals surface area (Å²) in [6.45, 7) is 6.12. The van der Waals surface area contributed by atoms with Crippen molar-refractivity contribution < 1.29 is 37.7 Å². The van der Waals surface area contributed by atoms with Gasteiger partial charge in [0.1, 0.15) is 35.6 Å². The van der Waals surface area contributed by atoms with Gasteiger partial charge in [0.05, 0.1) is 23.0 Å². The number of aromatic nitrogens is 3. The van der Waals surface area contributed by atoms with Crippen molar-refractivity contribution in [2.45, 2.75) is 185 Å². The van der Waals surface area contributed by atoms with Crippen LogP contribution in [0, 0.1) is 5.82 Å². The Morgan fingerprint density at radius 1 is 0.891 bits per heavy atom. The van der Waals surface area contributed by atoms with Gasteiger partial charge in [-0.2, -0.15) is 9.97 Å². The number of alkyl halides is 1. The minimum Gasteiger partial charge on any atom is -0.508 e. The number of ether oxygens (including phenoxy) is 3. The molecule has 3 aromatic rings. The van der Waals surface area contributed by atoms with E-state index in [4.69, 9.17) is 24.2 Å². The number of aromatic hydroxyl groups is 1. The Hall–Kier alpha value is -4.33. The van der Waals surface area contributed by atoms with Gasteiger partial charge in [-0.25, -0.2) is 13.6 Å². The van der Waals surface area contributed by atoms with Crippen LogP contribution < -0.4 is 9.64 Å². The molecule has 4 fully saturated rings. The highest BCUT2D eigenvalue weighted by Crippen LogP contribution is 2.44. The lowest BCUT2D eigenvalue weighted by Gasteiger charge is -2.41. The lowest BCUT2D eigenvalue weighted by molar-refractivity contribution is -0.152. The van der Waals surface area contributed by atoms with E-state index in [0.717, 1.165) is 81.9 Å². The maximum Gasteiger partial charge on any atom is 0.413 e. The highest BCUT2D eigenvalue weighted by atomic mass is 19.1. The number of piperazine rings is 1. The third kappa shape index (κ3) is 10.5. The van der Waals surface area contributed by atoms with Gasteiger partial charge in [0.25, 0.3) is 0 Å². The lowest BCUT2D eigenvalue weighted by Crippen LogP contribution is -2.56. The molecule has 2 bridgehead atoms. The molecule has 0 spiro atoms. The molecule has 4 aliphatic heterocycles. The summed E-state index contributed by atoms with van der Waals surface area (Å²) >= 11 is 0. The molecule has 64 heavy (non-hydrogen) atoms. The minimum absolute atomic E-state index is 0.00296. The average Bonchev–Trinajstić information content (AvgIpc) is 3.90. The molecule has 5 aliphatic rings. The van der Waals surface area contributed by atoms with Gasteiger partial charge in [0.15, 0.2) is 5.82 Å². The number of carbonyl (C=O) groups is 2. The van der Waals surface area contributed by atoms with Gasteiger partial charge in [-0.15, -0.1) is 0 Å². The molecule has 1 amide bonds. The van der Waals surface area contributed by atoms with Gasteiger partial charge in [-0.05, 0) is 87.1 Å². The van der Waals surface area contributed by atoms with Crippen LogP contribution in [0.3, 0.4) is 0 Å². The summed E-state index contributed by atoms with van der Waals surface area (Å²) in [4.78, 5) is 46.2. The van der Waals surface area contributed by atoms with Crippen LogP contribution in [0.2, 0.25) is 0 Å². The number of phenolic OH excluding ortho intramolecular Hbond substituents is 1. The third-order valence-corrected chi connectivity index (χ3v) is 14.8. The number of fused-ring (bicyclic) bond motifs is 5. The zero-order valence-electron chi connectivity index (χ0n) is 38.3. The van der Waals surface area contributed by atoms with E-state index in [-0.39, 0.29) is 53.5 Å². The summed E-state index contributed by atoms with van der Waals surface area (Å²) in [6.07, 6.45) is 22.8. The van der Waals surface area contributed by atoms with Gasteiger partial charge in [-0.3, -0.25) is 19.6 Å². The summed E-state index contributed by atoms with van der Waals surface area (Å²) in [5.74, 6) is -0.315. The summed E-state index contributed by atoms with van der Waals surface area (Å²) in [6, 6.07) is 2.93. The van der Waals surface area contributed by atoms with Gasteiger partial charge < -0.3 is 24.2 Å². The number of pyridine rings is 1. The van der Waals surface area contributed by atoms with Crippen LogP contribution in [0.4, 0.5) is 19.4 Å². The topological polar surface area (TPSA) is 130 Å². The minimum atomic E-state index is -0.932. The van der Waals surface area contributed by atoms with Crippen molar-refractivity contribution in [2.24, 2.45) is 0 Å². The first kappa shape index (κ1) is 46.2. The highest BCUT2D eigenvalue weighted by Gasteiger charge is 2.50. The summed E-state index contributed by atoms with van der Waals surface area (Å²) in [5.41, 5.74) is 2.25. The number of esters is 1. The molecule has 12 nitrogen and oxygen atoms in total. The number of benzene rings is 1.